The molecule has 3 aromatic carbocycles. The number of Topliss-reactive ketones (excluding diaryl/α,β-unsaturated/α-hetero) is 1. The van der Waals surface area contributed by atoms with Crippen LogP contribution in [-0.2, 0) is 9.59 Å². The van der Waals surface area contributed by atoms with Crippen LogP contribution in [0.1, 0.15) is 35.6 Å². The minimum atomic E-state index is -0.827. The number of hydrogen-bond donors (Lipinski definition) is 1. The summed E-state index contributed by atoms with van der Waals surface area (Å²) in [5.74, 6) is -1.13. The number of hydrogen-bond acceptors (Lipinski definition) is 6. The average Bonchev–Trinajstić information content (AvgIpc) is 3.55. The van der Waals surface area contributed by atoms with E-state index in [1.54, 1.807) is 18.2 Å². The van der Waals surface area contributed by atoms with E-state index in [2.05, 4.69) is 4.90 Å². The van der Waals surface area contributed by atoms with Gasteiger partial charge in [-0.25, -0.2) is 0 Å². The van der Waals surface area contributed by atoms with Gasteiger partial charge in [0.2, 0.25) is 0 Å². The third-order valence-corrected chi connectivity index (χ3v) is 7.07. The molecule has 2 aliphatic heterocycles. The zero-order valence-electron chi connectivity index (χ0n) is 21.2. The molecule has 0 aromatic heterocycles. The number of amides is 1. The highest BCUT2D eigenvalue weighted by Gasteiger charge is 2.47. The third-order valence-electron chi connectivity index (χ3n) is 7.07. The van der Waals surface area contributed by atoms with Crippen LogP contribution in [0.25, 0.3) is 5.76 Å². The molecule has 2 saturated heterocycles. The Morgan fingerprint density at radius 2 is 1.46 bits per heavy atom. The van der Waals surface area contributed by atoms with Gasteiger partial charge in [-0.1, -0.05) is 35.9 Å². The molecule has 1 unspecified atom stereocenters. The molecular weight excluding hydrogens is 468 g/mol. The zero-order chi connectivity index (χ0) is 26.1. The Morgan fingerprint density at radius 1 is 0.865 bits per heavy atom. The number of aryl methyl sites for hydroxylation is 1. The molecule has 0 bridgehead atoms. The van der Waals surface area contributed by atoms with Crippen molar-refractivity contribution < 1.29 is 24.2 Å². The summed E-state index contributed by atoms with van der Waals surface area (Å²) in [6.45, 7) is 3.96. The fraction of sp³-hybridized carbons (Fsp3) is 0.267. The predicted octanol–water partition coefficient (Wildman–Crippen LogP) is 5.24. The molecule has 190 valence electrons. The van der Waals surface area contributed by atoms with Crippen molar-refractivity contribution in [3.05, 3.63) is 89.0 Å². The lowest BCUT2D eigenvalue weighted by molar-refractivity contribution is -0.132. The van der Waals surface area contributed by atoms with Crippen LogP contribution in [-0.4, -0.2) is 44.1 Å². The summed E-state index contributed by atoms with van der Waals surface area (Å²) in [6.07, 6.45) is 2.33. The van der Waals surface area contributed by atoms with E-state index in [1.807, 2.05) is 55.5 Å². The summed E-state index contributed by atoms with van der Waals surface area (Å²) < 4.78 is 11.0. The number of aliphatic hydroxyl groups excluding tert-OH is 1. The summed E-state index contributed by atoms with van der Waals surface area (Å²) in [7, 11) is 2.95. The molecule has 3 aromatic rings. The quantitative estimate of drug-likeness (QED) is 0.285. The van der Waals surface area contributed by atoms with Crippen molar-refractivity contribution >= 4 is 28.8 Å². The van der Waals surface area contributed by atoms with Gasteiger partial charge in [0, 0.05) is 24.5 Å². The second-order valence-corrected chi connectivity index (χ2v) is 9.33. The lowest BCUT2D eigenvalue weighted by Crippen LogP contribution is -2.29. The second kappa shape index (κ2) is 10.0. The van der Waals surface area contributed by atoms with Crippen LogP contribution in [0, 0.1) is 6.92 Å². The summed E-state index contributed by atoms with van der Waals surface area (Å²) >= 11 is 0. The van der Waals surface area contributed by atoms with Gasteiger partial charge >= 0.3 is 0 Å². The Morgan fingerprint density at radius 3 is 2.05 bits per heavy atom. The largest absolute Gasteiger partial charge is 0.506 e. The highest BCUT2D eigenvalue weighted by molar-refractivity contribution is 6.51. The molecular formula is C30H30N2O5. The molecule has 2 aliphatic rings. The Balaban J connectivity index is 1.69. The van der Waals surface area contributed by atoms with Gasteiger partial charge in [-0.05, 0) is 61.7 Å². The average molecular weight is 499 g/mol. The summed E-state index contributed by atoms with van der Waals surface area (Å²) in [5.41, 5.74) is 3.58. The Bertz CT molecular complexity index is 1350. The standard InChI is InChI=1S/C30H30N2O5/c1-19-8-6-9-20(18-19)27-26(28(33)25-23(36-2)10-7-11-24(25)37-3)29(34)30(35)32(27)22-14-12-21(13-15-22)31-16-4-5-17-31/h6-15,18,27,33H,4-5,16-17H2,1-3H3/b28-26+. The van der Waals surface area contributed by atoms with Gasteiger partial charge in [0.1, 0.15) is 22.8 Å². The Kier molecular flexibility index (Phi) is 6.61. The van der Waals surface area contributed by atoms with Gasteiger partial charge in [0.05, 0.1) is 25.8 Å². The van der Waals surface area contributed by atoms with Gasteiger partial charge in [-0.3, -0.25) is 14.5 Å². The zero-order valence-corrected chi connectivity index (χ0v) is 21.2. The van der Waals surface area contributed by atoms with Crippen LogP contribution in [0.4, 0.5) is 11.4 Å². The van der Waals surface area contributed by atoms with E-state index in [9.17, 15) is 14.7 Å². The first kappa shape index (κ1) is 24.4. The first-order valence-electron chi connectivity index (χ1n) is 12.4. The topological polar surface area (TPSA) is 79.3 Å². The molecule has 2 heterocycles. The van der Waals surface area contributed by atoms with Crippen molar-refractivity contribution in [1.82, 2.24) is 0 Å². The molecule has 1 N–H and O–H groups in total. The number of carbonyl (C=O) groups is 2. The highest BCUT2D eigenvalue weighted by Crippen LogP contribution is 2.45. The van der Waals surface area contributed by atoms with Crippen LogP contribution in [0.3, 0.4) is 0 Å². The van der Waals surface area contributed by atoms with Gasteiger partial charge < -0.3 is 19.5 Å². The number of benzene rings is 3. The minimum Gasteiger partial charge on any atom is -0.506 e. The van der Waals surface area contributed by atoms with E-state index < -0.39 is 17.7 Å². The number of ketones is 1. The molecule has 37 heavy (non-hydrogen) atoms. The Hall–Kier alpha value is -4.26. The Labute approximate surface area is 216 Å². The molecule has 1 amide bonds. The maximum atomic E-state index is 13.5. The molecule has 0 radical (unpaired) electrons. The normalized spacial score (nSPS) is 18.9. The number of aliphatic hydroxyl groups is 1. The summed E-state index contributed by atoms with van der Waals surface area (Å²) in [5, 5.41) is 11.6. The SMILES string of the molecule is COc1cccc(OC)c1/C(O)=C1\C(=O)C(=O)N(c2ccc(N3CCCC3)cc2)C1c1cccc(C)c1. The van der Waals surface area contributed by atoms with E-state index in [0.29, 0.717) is 17.2 Å². The van der Waals surface area contributed by atoms with Crippen molar-refractivity contribution in [3.63, 3.8) is 0 Å². The molecule has 7 heteroatoms. The highest BCUT2D eigenvalue weighted by atomic mass is 16.5. The lowest BCUT2D eigenvalue weighted by atomic mass is 9.93. The molecule has 7 nitrogen and oxygen atoms in total. The van der Waals surface area contributed by atoms with Gasteiger partial charge in [-0.2, -0.15) is 0 Å². The maximum absolute atomic E-state index is 13.5. The fourth-order valence-electron chi connectivity index (χ4n) is 5.27. The number of ether oxygens (including phenoxy) is 2. The van der Waals surface area contributed by atoms with Crippen LogP contribution in [0.5, 0.6) is 11.5 Å². The smallest absolute Gasteiger partial charge is 0.300 e. The number of anilines is 2. The first-order chi connectivity index (χ1) is 17.9. The van der Waals surface area contributed by atoms with Crippen molar-refractivity contribution in [2.75, 3.05) is 37.1 Å². The number of nitrogens with zero attached hydrogens (tertiary/aromatic N) is 2. The fourth-order valence-corrected chi connectivity index (χ4v) is 5.27. The van der Waals surface area contributed by atoms with Crippen molar-refractivity contribution in [1.29, 1.82) is 0 Å². The molecule has 0 aliphatic carbocycles. The van der Waals surface area contributed by atoms with E-state index in [-0.39, 0.29) is 16.9 Å². The van der Waals surface area contributed by atoms with Crippen molar-refractivity contribution in [2.24, 2.45) is 0 Å². The first-order valence-corrected chi connectivity index (χ1v) is 12.4. The number of carbonyl (C=O) groups excluding carboxylic acids is 2. The van der Waals surface area contributed by atoms with Crippen LogP contribution in [0.15, 0.2) is 72.3 Å². The van der Waals surface area contributed by atoms with Gasteiger partial charge in [0.25, 0.3) is 11.7 Å². The number of methoxy groups -OCH3 is 2. The predicted molar refractivity (Wildman–Crippen MR) is 143 cm³/mol. The second-order valence-electron chi connectivity index (χ2n) is 9.33. The molecule has 5 rings (SSSR count). The van der Waals surface area contributed by atoms with E-state index >= 15 is 0 Å². The van der Waals surface area contributed by atoms with E-state index in [1.165, 1.54) is 19.1 Å². The maximum Gasteiger partial charge on any atom is 0.300 e. The minimum absolute atomic E-state index is 0.0120. The summed E-state index contributed by atoms with van der Waals surface area (Å²) in [6, 6.07) is 19.6. The molecule has 2 fully saturated rings. The van der Waals surface area contributed by atoms with Crippen molar-refractivity contribution in [2.45, 2.75) is 25.8 Å². The van der Waals surface area contributed by atoms with Gasteiger partial charge in [0.15, 0.2) is 0 Å². The van der Waals surface area contributed by atoms with Gasteiger partial charge in [-0.15, -0.1) is 0 Å². The van der Waals surface area contributed by atoms with E-state index in [0.717, 1.165) is 42.7 Å². The van der Waals surface area contributed by atoms with E-state index in [4.69, 9.17) is 9.47 Å². The van der Waals surface area contributed by atoms with Crippen molar-refractivity contribution in [3.8, 4) is 11.5 Å². The van der Waals surface area contributed by atoms with Crippen LogP contribution < -0.4 is 19.3 Å². The molecule has 0 saturated carbocycles. The van der Waals surface area contributed by atoms with Crippen LogP contribution in [0.2, 0.25) is 0 Å². The lowest BCUT2D eigenvalue weighted by Gasteiger charge is -2.27. The molecule has 0 spiro atoms. The van der Waals surface area contributed by atoms with Crippen LogP contribution >= 0.6 is 0 Å². The molecule has 1 atom stereocenters. The number of rotatable bonds is 6. The summed E-state index contributed by atoms with van der Waals surface area (Å²) in [4.78, 5) is 30.9. The third kappa shape index (κ3) is 4.31. The monoisotopic (exact) mass is 498 g/mol.